The minimum absolute atomic E-state index is 0.518. The third-order valence-corrected chi connectivity index (χ3v) is 3.32. The SMILES string of the molecule is CNC(CN(C)Cc1ccccc1OC)C(C)C. The van der Waals surface area contributed by atoms with Gasteiger partial charge >= 0.3 is 0 Å². The Balaban J connectivity index is 2.61. The van der Waals surface area contributed by atoms with E-state index in [1.807, 2.05) is 19.2 Å². The van der Waals surface area contributed by atoms with Crippen LogP contribution in [0.2, 0.25) is 0 Å². The zero-order valence-electron chi connectivity index (χ0n) is 12.2. The van der Waals surface area contributed by atoms with Gasteiger partial charge in [0.2, 0.25) is 0 Å². The summed E-state index contributed by atoms with van der Waals surface area (Å²) in [5.74, 6) is 1.60. The van der Waals surface area contributed by atoms with Gasteiger partial charge in [-0.05, 0) is 26.1 Å². The molecule has 0 aliphatic carbocycles. The lowest BCUT2D eigenvalue weighted by Gasteiger charge is -2.27. The van der Waals surface area contributed by atoms with Crippen LogP contribution in [0.1, 0.15) is 19.4 Å². The molecule has 0 aliphatic rings. The smallest absolute Gasteiger partial charge is 0.123 e. The number of benzene rings is 1. The van der Waals surface area contributed by atoms with Gasteiger partial charge in [-0.3, -0.25) is 0 Å². The first-order valence-corrected chi connectivity index (χ1v) is 6.56. The van der Waals surface area contributed by atoms with E-state index in [9.17, 15) is 0 Å². The monoisotopic (exact) mass is 250 g/mol. The zero-order chi connectivity index (χ0) is 13.5. The standard InChI is InChI=1S/C15H26N2O/c1-12(2)14(16-3)11-17(4)10-13-8-6-7-9-15(13)18-5/h6-9,12,14,16H,10-11H2,1-5H3. The summed E-state index contributed by atoms with van der Waals surface area (Å²) in [6, 6.07) is 8.72. The molecule has 18 heavy (non-hydrogen) atoms. The molecule has 3 nitrogen and oxygen atoms in total. The van der Waals surface area contributed by atoms with E-state index in [4.69, 9.17) is 4.74 Å². The molecule has 3 heteroatoms. The molecule has 0 radical (unpaired) electrons. The molecule has 1 aromatic carbocycles. The van der Waals surface area contributed by atoms with Crippen LogP contribution in [0.25, 0.3) is 0 Å². The molecule has 0 aromatic heterocycles. The third-order valence-electron chi connectivity index (χ3n) is 3.32. The first-order valence-electron chi connectivity index (χ1n) is 6.56. The van der Waals surface area contributed by atoms with E-state index in [1.165, 1.54) is 5.56 Å². The van der Waals surface area contributed by atoms with E-state index in [1.54, 1.807) is 7.11 Å². The normalized spacial score (nSPS) is 13.1. The van der Waals surface area contributed by atoms with Crippen LogP contribution in [0.3, 0.4) is 0 Å². The van der Waals surface area contributed by atoms with Crippen molar-refractivity contribution in [3.8, 4) is 5.75 Å². The minimum Gasteiger partial charge on any atom is -0.496 e. The second kappa shape index (κ2) is 7.39. The Kier molecular flexibility index (Phi) is 6.16. The van der Waals surface area contributed by atoms with Crippen LogP contribution in [-0.2, 0) is 6.54 Å². The van der Waals surface area contributed by atoms with Crippen molar-refractivity contribution in [2.45, 2.75) is 26.4 Å². The molecular formula is C15H26N2O. The van der Waals surface area contributed by atoms with Crippen LogP contribution in [-0.4, -0.2) is 38.7 Å². The molecule has 0 heterocycles. The highest BCUT2D eigenvalue weighted by Crippen LogP contribution is 2.19. The molecule has 0 amide bonds. The van der Waals surface area contributed by atoms with E-state index in [0.717, 1.165) is 18.8 Å². The van der Waals surface area contributed by atoms with Crippen molar-refractivity contribution in [2.24, 2.45) is 5.92 Å². The maximum absolute atomic E-state index is 5.38. The van der Waals surface area contributed by atoms with Crippen LogP contribution in [0.5, 0.6) is 5.75 Å². The topological polar surface area (TPSA) is 24.5 Å². The van der Waals surface area contributed by atoms with Gasteiger partial charge in [0.25, 0.3) is 0 Å². The van der Waals surface area contributed by atoms with E-state index in [0.29, 0.717) is 12.0 Å². The first-order chi connectivity index (χ1) is 8.58. The Hall–Kier alpha value is -1.06. The lowest BCUT2D eigenvalue weighted by Crippen LogP contribution is -2.40. The molecule has 0 bridgehead atoms. The van der Waals surface area contributed by atoms with Crippen molar-refractivity contribution in [3.63, 3.8) is 0 Å². The molecular weight excluding hydrogens is 224 g/mol. The number of nitrogens with zero attached hydrogens (tertiary/aromatic N) is 1. The fourth-order valence-corrected chi connectivity index (χ4v) is 2.16. The number of hydrogen-bond donors (Lipinski definition) is 1. The van der Waals surface area contributed by atoms with Crippen molar-refractivity contribution in [1.29, 1.82) is 0 Å². The second-order valence-corrected chi connectivity index (χ2v) is 5.15. The highest BCUT2D eigenvalue weighted by atomic mass is 16.5. The number of hydrogen-bond acceptors (Lipinski definition) is 3. The van der Waals surface area contributed by atoms with Gasteiger partial charge in [-0.25, -0.2) is 0 Å². The molecule has 0 spiro atoms. The maximum Gasteiger partial charge on any atom is 0.123 e. The average molecular weight is 250 g/mol. The lowest BCUT2D eigenvalue weighted by molar-refractivity contribution is 0.253. The van der Waals surface area contributed by atoms with E-state index in [2.05, 4.69) is 43.2 Å². The summed E-state index contributed by atoms with van der Waals surface area (Å²) in [4.78, 5) is 2.33. The predicted octanol–water partition coefficient (Wildman–Crippen LogP) is 2.37. The van der Waals surface area contributed by atoms with E-state index < -0.39 is 0 Å². The molecule has 1 unspecified atom stereocenters. The summed E-state index contributed by atoms with van der Waals surface area (Å²) >= 11 is 0. The number of rotatable bonds is 7. The number of likely N-dealkylation sites (N-methyl/N-ethyl adjacent to an activating group) is 2. The zero-order valence-corrected chi connectivity index (χ0v) is 12.2. The summed E-state index contributed by atoms with van der Waals surface area (Å²) in [5, 5.41) is 3.37. The second-order valence-electron chi connectivity index (χ2n) is 5.15. The average Bonchev–Trinajstić information content (AvgIpc) is 2.36. The summed E-state index contributed by atoms with van der Waals surface area (Å²) in [5.41, 5.74) is 1.24. The van der Waals surface area contributed by atoms with Gasteiger partial charge < -0.3 is 15.0 Å². The van der Waals surface area contributed by atoms with Gasteiger partial charge in [-0.2, -0.15) is 0 Å². The quantitative estimate of drug-likeness (QED) is 0.804. The summed E-state index contributed by atoms with van der Waals surface area (Å²) in [6.07, 6.45) is 0. The van der Waals surface area contributed by atoms with Gasteiger partial charge in [0, 0.05) is 24.7 Å². The fraction of sp³-hybridized carbons (Fsp3) is 0.600. The Morgan fingerprint density at radius 2 is 1.94 bits per heavy atom. The van der Waals surface area contributed by atoms with Gasteiger partial charge in [-0.1, -0.05) is 32.0 Å². The summed E-state index contributed by atoms with van der Waals surface area (Å²) in [7, 11) is 5.91. The number of ether oxygens (including phenoxy) is 1. The molecule has 0 saturated carbocycles. The maximum atomic E-state index is 5.38. The highest BCUT2D eigenvalue weighted by molar-refractivity contribution is 5.32. The number of para-hydroxylation sites is 1. The first kappa shape index (κ1) is 15.0. The summed E-state index contributed by atoms with van der Waals surface area (Å²) in [6.45, 7) is 6.44. The largest absolute Gasteiger partial charge is 0.496 e. The molecule has 1 aromatic rings. The Labute approximate surface area is 111 Å². The van der Waals surface area contributed by atoms with E-state index in [-0.39, 0.29) is 0 Å². The van der Waals surface area contributed by atoms with Crippen LogP contribution in [0, 0.1) is 5.92 Å². The van der Waals surface area contributed by atoms with Crippen LogP contribution >= 0.6 is 0 Å². The number of methoxy groups -OCH3 is 1. The van der Waals surface area contributed by atoms with Crippen molar-refractivity contribution in [2.75, 3.05) is 27.7 Å². The molecule has 0 fully saturated rings. The van der Waals surface area contributed by atoms with Crippen molar-refractivity contribution in [1.82, 2.24) is 10.2 Å². The Morgan fingerprint density at radius 1 is 1.28 bits per heavy atom. The minimum atomic E-state index is 0.518. The molecule has 0 aliphatic heterocycles. The Morgan fingerprint density at radius 3 is 2.50 bits per heavy atom. The van der Waals surface area contributed by atoms with Gasteiger partial charge in [-0.15, -0.1) is 0 Å². The van der Waals surface area contributed by atoms with Gasteiger partial charge in [0.15, 0.2) is 0 Å². The summed E-state index contributed by atoms with van der Waals surface area (Å²) < 4.78 is 5.38. The van der Waals surface area contributed by atoms with Crippen molar-refractivity contribution in [3.05, 3.63) is 29.8 Å². The van der Waals surface area contributed by atoms with Crippen LogP contribution in [0.4, 0.5) is 0 Å². The van der Waals surface area contributed by atoms with Crippen molar-refractivity contribution < 1.29 is 4.74 Å². The third kappa shape index (κ3) is 4.31. The van der Waals surface area contributed by atoms with Crippen LogP contribution < -0.4 is 10.1 Å². The predicted molar refractivity (Wildman–Crippen MR) is 77.0 cm³/mol. The molecule has 102 valence electrons. The molecule has 1 rings (SSSR count). The fourth-order valence-electron chi connectivity index (χ4n) is 2.16. The lowest BCUT2D eigenvalue weighted by atomic mass is 10.0. The molecule has 1 atom stereocenters. The van der Waals surface area contributed by atoms with Gasteiger partial charge in [0.05, 0.1) is 7.11 Å². The van der Waals surface area contributed by atoms with Crippen LogP contribution in [0.15, 0.2) is 24.3 Å². The molecule has 1 N–H and O–H groups in total. The molecule has 0 saturated heterocycles. The highest BCUT2D eigenvalue weighted by Gasteiger charge is 2.14. The number of nitrogens with one attached hydrogen (secondary N) is 1. The Bertz CT molecular complexity index is 352. The van der Waals surface area contributed by atoms with Gasteiger partial charge in [0.1, 0.15) is 5.75 Å². The van der Waals surface area contributed by atoms with E-state index >= 15 is 0 Å². The van der Waals surface area contributed by atoms with Crippen molar-refractivity contribution >= 4 is 0 Å².